The third-order valence-electron chi connectivity index (χ3n) is 2.63. The minimum atomic E-state index is -0.481. The van der Waals surface area contributed by atoms with E-state index in [0.29, 0.717) is 23.8 Å². The quantitative estimate of drug-likeness (QED) is 0.571. The Balaban J connectivity index is 1.66. The monoisotopic (exact) mass is 304 g/mol. The average molecular weight is 304 g/mol. The molecule has 0 saturated heterocycles. The summed E-state index contributed by atoms with van der Waals surface area (Å²) in [6.07, 6.45) is 1.69. The van der Waals surface area contributed by atoms with Crippen molar-refractivity contribution in [1.29, 1.82) is 0 Å². The summed E-state index contributed by atoms with van der Waals surface area (Å²) in [5.41, 5.74) is 1.73. The highest BCUT2D eigenvalue weighted by atomic mass is 32.2. The van der Waals surface area contributed by atoms with Crippen LogP contribution in [0.5, 0.6) is 0 Å². The summed E-state index contributed by atoms with van der Waals surface area (Å²) in [7, 11) is 0. The molecule has 3 rings (SSSR count). The molecule has 0 radical (unpaired) electrons. The zero-order valence-electron chi connectivity index (χ0n) is 11.2. The van der Waals surface area contributed by atoms with Gasteiger partial charge in [0, 0.05) is 12.3 Å². The van der Waals surface area contributed by atoms with Crippen molar-refractivity contribution in [3.8, 4) is 0 Å². The summed E-state index contributed by atoms with van der Waals surface area (Å²) in [6, 6.07) is 5.33. The molecule has 0 aromatic carbocycles. The molecule has 0 bridgehead atoms. The van der Waals surface area contributed by atoms with E-state index >= 15 is 0 Å². The van der Waals surface area contributed by atoms with Crippen molar-refractivity contribution in [2.75, 3.05) is 6.61 Å². The van der Waals surface area contributed by atoms with E-state index in [9.17, 15) is 4.79 Å². The summed E-state index contributed by atoms with van der Waals surface area (Å²) in [5.74, 6) is 0.605. The topological polar surface area (TPSA) is 93.9 Å². The molecule has 0 amide bonds. The number of imidazole rings is 1. The third kappa shape index (κ3) is 3.05. The average Bonchev–Trinajstić information content (AvgIpc) is 3.11. The summed E-state index contributed by atoms with van der Waals surface area (Å²) < 4.78 is 9.95. The van der Waals surface area contributed by atoms with Gasteiger partial charge in [-0.2, -0.15) is 0 Å². The lowest BCUT2D eigenvalue weighted by Crippen LogP contribution is -2.04. The van der Waals surface area contributed by atoms with E-state index in [1.165, 1.54) is 11.8 Å². The molecule has 3 aromatic heterocycles. The first-order valence-electron chi connectivity index (χ1n) is 6.32. The van der Waals surface area contributed by atoms with Crippen LogP contribution in [-0.4, -0.2) is 32.7 Å². The lowest BCUT2D eigenvalue weighted by atomic mass is 10.4. The number of aromatic nitrogens is 4. The molecule has 108 valence electrons. The number of rotatable bonds is 5. The number of carbonyl (C=O) groups is 1. The fraction of sp³-hybridized carbons (Fsp3) is 0.231. The van der Waals surface area contributed by atoms with Crippen LogP contribution in [-0.2, 0) is 10.5 Å². The van der Waals surface area contributed by atoms with Gasteiger partial charge < -0.3 is 14.2 Å². The number of H-pyrrole nitrogens is 1. The van der Waals surface area contributed by atoms with Crippen LogP contribution in [0.1, 0.15) is 23.2 Å². The number of esters is 1. The van der Waals surface area contributed by atoms with Crippen molar-refractivity contribution in [1.82, 2.24) is 20.1 Å². The van der Waals surface area contributed by atoms with Crippen molar-refractivity contribution in [3.63, 3.8) is 0 Å². The Morgan fingerprint density at radius 2 is 2.43 bits per heavy atom. The second kappa shape index (κ2) is 5.96. The van der Waals surface area contributed by atoms with Gasteiger partial charge in [0.2, 0.25) is 0 Å². The fourth-order valence-corrected chi connectivity index (χ4v) is 2.46. The zero-order chi connectivity index (χ0) is 14.7. The largest absolute Gasteiger partial charge is 0.461 e. The third-order valence-corrected chi connectivity index (χ3v) is 3.53. The van der Waals surface area contributed by atoms with Gasteiger partial charge >= 0.3 is 5.97 Å². The summed E-state index contributed by atoms with van der Waals surface area (Å²) >= 11 is 1.45. The summed E-state index contributed by atoms with van der Waals surface area (Å²) in [6.45, 7) is 2.05. The van der Waals surface area contributed by atoms with Crippen molar-refractivity contribution < 1.29 is 14.1 Å². The predicted molar refractivity (Wildman–Crippen MR) is 75.9 cm³/mol. The maximum Gasteiger partial charge on any atom is 0.360 e. The molecular formula is C13H12N4O3S. The van der Waals surface area contributed by atoms with E-state index in [2.05, 4.69) is 20.1 Å². The molecule has 3 heterocycles. The van der Waals surface area contributed by atoms with Crippen molar-refractivity contribution >= 4 is 28.9 Å². The van der Waals surface area contributed by atoms with Crippen LogP contribution in [0.3, 0.4) is 0 Å². The first kappa shape index (κ1) is 13.6. The summed E-state index contributed by atoms with van der Waals surface area (Å²) in [4.78, 5) is 23.1. The van der Waals surface area contributed by atoms with Crippen molar-refractivity contribution in [2.45, 2.75) is 17.8 Å². The van der Waals surface area contributed by atoms with Gasteiger partial charge in [0.05, 0.1) is 17.9 Å². The number of hydrogen-bond acceptors (Lipinski definition) is 7. The number of nitrogens with zero attached hydrogens (tertiary/aromatic N) is 3. The first-order valence-corrected chi connectivity index (χ1v) is 7.31. The first-order chi connectivity index (χ1) is 10.3. The minimum Gasteiger partial charge on any atom is -0.461 e. The van der Waals surface area contributed by atoms with Crippen LogP contribution in [0.15, 0.2) is 34.1 Å². The number of hydrogen-bond donors (Lipinski definition) is 1. The molecule has 0 fully saturated rings. The molecule has 7 nitrogen and oxygen atoms in total. The molecule has 0 aliphatic carbocycles. The number of aromatic amines is 1. The zero-order valence-corrected chi connectivity index (χ0v) is 12.0. The number of ether oxygens (including phenoxy) is 1. The van der Waals surface area contributed by atoms with Gasteiger partial charge in [-0.3, -0.25) is 0 Å². The molecule has 0 aliphatic rings. The van der Waals surface area contributed by atoms with Gasteiger partial charge in [0.1, 0.15) is 5.76 Å². The van der Waals surface area contributed by atoms with Crippen molar-refractivity contribution in [3.05, 3.63) is 35.9 Å². The SMILES string of the molecule is CCOC(=O)c1cc(CSc2nc3ncccc3[nH]2)on1. The maximum absolute atomic E-state index is 11.5. The van der Waals surface area contributed by atoms with Crippen LogP contribution < -0.4 is 0 Å². The molecule has 0 spiro atoms. The molecule has 8 heteroatoms. The fourth-order valence-electron chi connectivity index (χ4n) is 1.71. The van der Waals surface area contributed by atoms with Crippen molar-refractivity contribution in [2.24, 2.45) is 0 Å². The molecule has 3 aromatic rings. The highest BCUT2D eigenvalue weighted by molar-refractivity contribution is 7.98. The Kier molecular flexibility index (Phi) is 3.87. The number of thioether (sulfide) groups is 1. The van der Waals surface area contributed by atoms with Gasteiger partial charge in [0.25, 0.3) is 0 Å². The minimum absolute atomic E-state index is 0.179. The van der Waals surface area contributed by atoms with E-state index in [0.717, 1.165) is 10.7 Å². The number of fused-ring (bicyclic) bond motifs is 1. The van der Waals surface area contributed by atoms with Crippen LogP contribution in [0, 0.1) is 0 Å². The second-order valence-corrected chi connectivity index (χ2v) is 5.07. The predicted octanol–water partition coefficient (Wildman–Crippen LogP) is 2.41. The Labute approximate surface area is 124 Å². The van der Waals surface area contributed by atoms with E-state index < -0.39 is 5.97 Å². The summed E-state index contributed by atoms with van der Waals surface area (Å²) in [5, 5.41) is 4.42. The Bertz CT molecular complexity index is 734. The number of nitrogens with one attached hydrogen (secondary N) is 1. The molecule has 0 aliphatic heterocycles. The van der Waals surface area contributed by atoms with Crippen LogP contribution >= 0.6 is 11.8 Å². The number of carbonyl (C=O) groups excluding carboxylic acids is 1. The molecular weight excluding hydrogens is 292 g/mol. The van der Waals surface area contributed by atoms with Gasteiger partial charge in [0.15, 0.2) is 16.5 Å². The lowest BCUT2D eigenvalue weighted by Gasteiger charge is -1.94. The molecule has 0 saturated carbocycles. The highest BCUT2D eigenvalue weighted by Crippen LogP contribution is 2.22. The smallest absolute Gasteiger partial charge is 0.360 e. The molecule has 0 atom stereocenters. The number of pyridine rings is 1. The maximum atomic E-state index is 11.5. The van der Waals surface area contributed by atoms with Gasteiger partial charge in [-0.15, -0.1) is 0 Å². The van der Waals surface area contributed by atoms with Gasteiger partial charge in [-0.05, 0) is 19.1 Å². The second-order valence-electron chi connectivity index (χ2n) is 4.10. The van der Waals surface area contributed by atoms with E-state index in [4.69, 9.17) is 9.26 Å². The Morgan fingerprint density at radius 1 is 1.52 bits per heavy atom. The van der Waals surface area contributed by atoms with Crippen LogP contribution in [0.2, 0.25) is 0 Å². The standard InChI is InChI=1S/C13H12N4O3S/c1-2-19-12(18)10-6-8(20-17-10)7-21-13-15-9-4-3-5-14-11(9)16-13/h3-6H,2,7H2,1H3,(H,14,15,16). The van der Waals surface area contributed by atoms with E-state index in [1.807, 2.05) is 12.1 Å². The van der Waals surface area contributed by atoms with E-state index in [-0.39, 0.29) is 5.69 Å². The van der Waals surface area contributed by atoms with Gasteiger partial charge in [-0.25, -0.2) is 14.8 Å². The highest BCUT2D eigenvalue weighted by Gasteiger charge is 2.14. The van der Waals surface area contributed by atoms with Crippen LogP contribution in [0.4, 0.5) is 0 Å². The lowest BCUT2D eigenvalue weighted by molar-refractivity contribution is 0.0514. The van der Waals surface area contributed by atoms with E-state index in [1.54, 1.807) is 19.2 Å². The molecule has 21 heavy (non-hydrogen) atoms. The van der Waals surface area contributed by atoms with Crippen LogP contribution in [0.25, 0.3) is 11.2 Å². The van der Waals surface area contributed by atoms with Gasteiger partial charge in [-0.1, -0.05) is 16.9 Å². The molecule has 0 unspecified atom stereocenters. The molecule has 1 N–H and O–H groups in total. The normalized spacial score (nSPS) is 10.9. The Hall–Kier alpha value is -2.35. The Morgan fingerprint density at radius 3 is 3.24 bits per heavy atom.